The second-order valence-electron chi connectivity index (χ2n) is 9.32. The molecule has 1 aliphatic rings. The Bertz CT molecular complexity index is 747. The van der Waals surface area contributed by atoms with Gasteiger partial charge in [0.1, 0.15) is 0 Å². The lowest BCUT2D eigenvalue weighted by Gasteiger charge is -2.27. The number of anilines is 1. The Labute approximate surface area is 152 Å². The van der Waals surface area contributed by atoms with Gasteiger partial charge in [-0.3, -0.25) is 4.98 Å². The van der Waals surface area contributed by atoms with Crippen molar-refractivity contribution in [2.75, 3.05) is 18.5 Å². The van der Waals surface area contributed by atoms with Crippen LogP contribution in [-0.4, -0.2) is 24.2 Å². The molecule has 0 aliphatic carbocycles. The quantitative estimate of drug-likeness (QED) is 0.792. The Balaban J connectivity index is 2.04. The SMILES string of the molecule is CC(C)(C)c1cc(C(C)(C)C)c2ccc(NC3CCOCC3)cc2n1. The summed E-state index contributed by atoms with van der Waals surface area (Å²) >= 11 is 0. The number of pyridine rings is 1. The summed E-state index contributed by atoms with van der Waals surface area (Å²) in [6, 6.07) is 9.45. The fourth-order valence-corrected chi connectivity index (χ4v) is 3.40. The van der Waals surface area contributed by atoms with Crippen molar-refractivity contribution in [3.8, 4) is 0 Å². The normalized spacial score (nSPS) is 17.0. The molecule has 136 valence electrons. The first-order chi connectivity index (χ1) is 11.6. The third-order valence-corrected chi connectivity index (χ3v) is 4.98. The van der Waals surface area contributed by atoms with Gasteiger partial charge in [-0.05, 0) is 42.0 Å². The fraction of sp³-hybridized carbons (Fsp3) is 0.591. The summed E-state index contributed by atoms with van der Waals surface area (Å²) in [5, 5.41) is 4.93. The first-order valence-electron chi connectivity index (χ1n) is 9.45. The van der Waals surface area contributed by atoms with Crippen molar-refractivity contribution in [1.82, 2.24) is 4.98 Å². The summed E-state index contributed by atoms with van der Waals surface area (Å²) < 4.78 is 5.46. The second-order valence-corrected chi connectivity index (χ2v) is 9.32. The molecule has 1 N–H and O–H groups in total. The molecule has 1 saturated heterocycles. The van der Waals surface area contributed by atoms with Crippen LogP contribution in [0.25, 0.3) is 10.9 Å². The molecule has 0 unspecified atom stereocenters. The lowest BCUT2D eigenvalue weighted by atomic mass is 9.81. The summed E-state index contributed by atoms with van der Waals surface area (Å²) in [6.45, 7) is 15.2. The molecule has 0 radical (unpaired) electrons. The minimum absolute atomic E-state index is 0.0400. The molecule has 0 saturated carbocycles. The minimum Gasteiger partial charge on any atom is -0.382 e. The topological polar surface area (TPSA) is 34.1 Å². The van der Waals surface area contributed by atoms with E-state index in [4.69, 9.17) is 9.72 Å². The summed E-state index contributed by atoms with van der Waals surface area (Å²) in [7, 11) is 0. The van der Waals surface area contributed by atoms with E-state index in [1.54, 1.807) is 0 Å². The summed E-state index contributed by atoms with van der Waals surface area (Å²) in [5.74, 6) is 0. The van der Waals surface area contributed by atoms with E-state index in [9.17, 15) is 0 Å². The molecule has 2 aromatic rings. The maximum Gasteiger partial charge on any atom is 0.0729 e. The Kier molecular flexibility index (Phi) is 4.80. The highest BCUT2D eigenvalue weighted by Crippen LogP contribution is 2.34. The molecule has 0 atom stereocenters. The second kappa shape index (κ2) is 6.60. The smallest absolute Gasteiger partial charge is 0.0729 e. The minimum atomic E-state index is 0.0400. The van der Waals surface area contributed by atoms with Gasteiger partial charge in [0.2, 0.25) is 0 Å². The number of benzene rings is 1. The van der Waals surface area contributed by atoms with Crippen LogP contribution < -0.4 is 5.32 Å². The molecule has 1 aliphatic heterocycles. The molecular weight excluding hydrogens is 308 g/mol. The predicted octanol–water partition coefficient (Wildman–Crippen LogP) is 5.42. The van der Waals surface area contributed by atoms with Crippen molar-refractivity contribution in [1.29, 1.82) is 0 Å². The molecule has 0 spiro atoms. The van der Waals surface area contributed by atoms with Crippen LogP contribution in [0.15, 0.2) is 24.3 Å². The lowest BCUT2D eigenvalue weighted by Crippen LogP contribution is -2.27. The molecule has 1 fully saturated rings. The Hall–Kier alpha value is -1.61. The van der Waals surface area contributed by atoms with Crippen molar-refractivity contribution >= 4 is 16.6 Å². The van der Waals surface area contributed by atoms with Gasteiger partial charge in [0.25, 0.3) is 0 Å². The van der Waals surface area contributed by atoms with Gasteiger partial charge >= 0.3 is 0 Å². The summed E-state index contributed by atoms with van der Waals surface area (Å²) in [5.41, 5.74) is 4.93. The largest absolute Gasteiger partial charge is 0.382 e. The van der Waals surface area contributed by atoms with E-state index in [-0.39, 0.29) is 10.8 Å². The third kappa shape index (κ3) is 4.14. The molecule has 0 bridgehead atoms. The van der Waals surface area contributed by atoms with Crippen molar-refractivity contribution in [2.24, 2.45) is 0 Å². The number of aromatic nitrogens is 1. The number of nitrogens with zero attached hydrogens (tertiary/aromatic N) is 1. The van der Waals surface area contributed by atoms with Crippen LogP contribution in [0, 0.1) is 0 Å². The van der Waals surface area contributed by atoms with Crippen LogP contribution in [0.5, 0.6) is 0 Å². The average Bonchev–Trinajstić information content (AvgIpc) is 2.53. The zero-order valence-electron chi connectivity index (χ0n) is 16.6. The maximum atomic E-state index is 5.46. The highest BCUT2D eigenvalue weighted by atomic mass is 16.5. The van der Waals surface area contributed by atoms with Crippen molar-refractivity contribution in [3.63, 3.8) is 0 Å². The molecule has 3 nitrogen and oxygen atoms in total. The van der Waals surface area contributed by atoms with Gasteiger partial charge in [-0.25, -0.2) is 0 Å². The van der Waals surface area contributed by atoms with Crippen LogP contribution in [-0.2, 0) is 15.6 Å². The van der Waals surface area contributed by atoms with E-state index in [1.165, 1.54) is 10.9 Å². The highest BCUT2D eigenvalue weighted by molar-refractivity contribution is 5.86. The van der Waals surface area contributed by atoms with E-state index in [0.29, 0.717) is 6.04 Å². The number of hydrogen-bond donors (Lipinski definition) is 1. The highest BCUT2D eigenvalue weighted by Gasteiger charge is 2.23. The lowest BCUT2D eigenvalue weighted by molar-refractivity contribution is 0.0904. The van der Waals surface area contributed by atoms with E-state index >= 15 is 0 Å². The molecule has 2 heterocycles. The molecule has 0 amide bonds. The number of fused-ring (bicyclic) bond motifs is 1. The first-order valence-corrected chi connectivity index (χ1v) is 9.45. The van der Waals surface area contributed by atoms with Gasteiger partial charge in [0, 0.05) is 41.4 Å². The Morgan fingerprint density at radius 1 is 0.960 bits per heavy atom. The van der Waals surface area contributed by atoms with Crippen LogP contribution in [0.3, 0.4) is 0 Å². The van der Waals surface area contributed by atoms with Gasteiger partial charge in [-0.2, -0.15) is 0 Å². The molecule has 1 aromatic carbocycles. The van der Waals surface area contributed by atoms with Crippen LogP contribution >= 0.6 is 0 Å². The van der Waals surface area contributed by atoms with Gasteiger partial charge < -0.3 is 10.1 Å². The molecular formula is C22H32N2O. The van der Waals surface area contributed by atoms with E-state index in [0.717, 1.165) is 43.0 Å². The van der Waals surface area contributed by atoms with Gasteiger partial charge in [-0.15, -0.1) is 0 Å². The number of nitrogens with one attached hydrogen (secondary N) is 1. The zero-order valence-corrected chi connectivity index (χ0v) is 16.6. The standard InChI is InChI=1S/C22H32N2O/c1-21(2,3)18-14-20(22(4,5)6)24-19-13-16(7-8-17(18)19)23-15-9-11-25-12-10-15/h7-8,13-15,23H,9-12H2,1-6H3. The van der Waals surface area contributed by atoms with Crippen LogP contribution in [0.2, 0.25) is 0 Å². The Morgan fingerprint density at radius 3 is 2.24 bits per heavy atom. The van der Waals surface area contributed by atoms with Crippen molar-refractivity contribution < 1.29 is 4.74 Å². The predicted molar refractivity (Wildman–Crippen MR) is 107 cm³/mol. The fourth-order valence-electron chi connectivity index (χ4n) is 3.40. The van der Waals surface area contributed by atoms with Gasteiger partial charge in [-0.1, -0.05) is 47.6 Å². The number of ether oxygens (including phenoxy) is 1. The van der Waals surface area contributed by atoms with Gasteiger partial charge in [0.05, 0.1) is 5.52 Å². The summed E-state index contributed by atoms with van der Waals surface area (Å²) in [4.78, 5) is 5.01. The number of rotatable bonds is 2. The van der Waals surface area contributed by atoms with Gasteiger partial charge in [0.15, 0.2) is 0 Å². The average molecular weight is 341 g/mol. The monoisotopic (exact) mass is 340 g/mol. The Morgan fingerprint density at radius 2 is 1.64 bits per heavy atom. The third-order valence-electron chi connectivity index (χ3n) is 4.98. The molecule has 25 heavy (non-hydrogen) atoms. The summed E-state index contributed by atoms with van der Waals surface area (Å²) in [6.07, 6.45) is 2.14. The van der Waals surface area contributed by atoms with Crippen LogP contribution in [0.1, 0.15) is 65.6 Å². The first kappa shape index (κ1) is 18.2. The number of hydrogen-bond acceptors (Lipinski definition) is 3. The van der Waals surface area contributed by atoms with Crippen LogP contribution in [0.4, 0.5) is 5.69 Å². The van der Waals surface area contributed by atoms with E-state index in [1.807, 2.05) is 0 Å². The van der Waals surface area contributed by atoms with Crippen molar-refractivity contribution in [3.05, 3.63) is 35.5 Å². The zero-order chi connectivity index (χ0) is 18.2. The molecule has 3 rings (SSSR count). The maximum absolute atomic E-state index is 5.46. The molecule has 3 heteroatoms. The molecule has 1 aromatic heterocycles. The van der Waals surface area contributed by atoms with E-state index < -0.39 is 0 Å². The van der Waals surface area contributed by atoms with E-state index in [2.05, 4.69) is 71.1 Å². The van der Waals surface area contributed by atoms with Crippen molar-refractivity contribution in [2.45, 2.75) is 71.3 Å².